The number of nitrogens with zero attached hydrogens (tertiary/aromatic N) is 2. The van der Waals surface area contributed by atoms with Gasteiger partial charge in [-0.1, -0.05) is 25.1 Å². The van der Waals surface area contributed by atoms with Crippen molar-refractivity contribution in [3.63, 3.8) is 0 Å². The van der Waals surface area contributed by atoms with Gasteiger partial charge in [0.1, 0.15) is 0 Å². The van der Waals surface area contributed by atoms with Gasteiger partial charge in [0, 0.05) is 18.6 Å². The summed E-state index contributed by atoms with van der Waals surface area (Å²) in [6, 6.07) is 8.41. The van der Waals surface area contributed by atoms with Crippen LogP contribution in [-0.4, -0.2) is 10.8 Å². The summed E-state index contributed by atoms with van der Waals surface area (Å²) in [4.78, 5) is 11.1. The summed E-state index contributed by atoms with van der Waals surface area (Å²) in [6.45, 7) is 1.66. The number of benzene rings is 1. The molecule has 0 aliphatic rings. The molecule has 0 aliphatic carbocycles. The molecule has 0 unspecified atom stereocenters. The maximum absolute atomic E-state index is 11.1. The molecule has 0 heterocycles. The van der Waals surface area contributed by atoms with Crippen LogP contribution in [0.1, 0.15) is 13.3 Å². The highest BCUT2D eigenvalue weighted by atomic mass is 16.5. The highest BCUT2D eigenvalue weighted by Crippen LogP contribution is 2.09. The molecule has 1 rings (SSSR count). The van der Waals surface area contributed by atoms with Crippen molar-refractivity contribution < 1.29 is 9.66 Å². The van der Waals surface area contributed by atoms with Gasteiger partial charge >= 0.3 is 5.91 Å². The van der Waals surface area contributed by atoms with E-state index in [9.17, 15) is 10.0 Å². The van der Waals surface area contributed by atoms with Crippen molar-refractivity contribution in [1.29, 1.82) is 0 Å². The highest BCUT2D eigenvalue weighted by molar-refractivity contribution is 5.75. The van der Waals surface area contributed by atoms with Gasteiger partial charge in [-0.2, -0.15) is 0 Å². The van der Waals surface area contributed by atoms with Gasteiger partial charge < -0.3 is 5.21 Å². The average Bonchev–Trinajstić information content (AvgIpc) is 2.19. The van der Waals surface area contributed by atoms with Gasteiger partial charge in [-0.05, 0) is 4.86 Å². The van der Waals surface area contributed by atoms with E-state index in [0.717, 1.165) is 0 Å². The van der Waals surface area contributed by atoms with Gasteiger partial charge in [0.15, 0.2) is 0 Å². The maximum atomic E-state index is 11.1. The first-order chi connectivity index (χ1) is 6.24. The van der Waals surface area contributed by atoms with Crippen LogP contribution in [0.2, 0.25) is 0 Å². The molecule has 0 fully saturated rings. The van der Waals surface area contributed by atoms with Crippen molar-refractivity contribution in [2.24, 2.45) is 5.11 Å². The van der Waals surface area contributed by atoms with Gasteiger partial charge in [0.25, 0.3) is 0 Å². The smallest absolute Gasteiger partial charge is 0.309 e. The second kappa shape index (κ2) is 4.35. The number of para-hydroxylation sites is 1. The van der Waals surface area contributed by atoms with E-state index < -0.39 is 5.91 Å². The number of hydrogen-bond acceptors (Lipinski definition) is 2. The summed E-state index contributed by atoms with van der Waals surface area (Å²) in [5, 5.41) is 14.4. The van der Waals surface area contributed by atoms with Gasteiger partial charge in [-0.15, -0.1) is 0 Å². The van der Waals surface area contributed by atoms with E-state index in [1.165, 1.54) is 0 Å². The Kier molecular flexibility index (Phi) is 3.14. The Labute approximate surface area is 76.1 Å². The van der Waals surface area contributed by atoms with Crippen LogP contribution in [0.5, 0.6) is 0 Å². The summed E-state index contributed by atoms with van der Waals surface area (Å²) in [6.07, 6.45) is 0.242. The van der Waals surface area contributed by atoms with Crippen molar-refractivity contribution in [3.8, 4) is 0 Å². The molecule has 4 heteroatoms. The molecule has 4 nitrogen and oxygen atoms in total. The Morgan fingerprint density at radius 1 is 1.46 bits per heavy atom. The van der Waals surface area contributed by atoms with E-state index in [-0.39, 0.29) is 6.42 Å². The first-order valence-electron chi connectivity index (χ1n) is 4.01. The summed E-state index contributed by atoms with van der Waals surface area (Å²) in [7, 11) is 0. The second-order valence-electron chi connectivity index (χ2n) is 2.46. The van der Waals surface area contributed by atoms with Crippen molar-refractivity contribution in [1.82, 2.24) is 0 Å². The Balaban J connectivity index is 2.85. The van der Waals surface area contributed by atoms with Crippen LogP contribution in [0, 0.1) is 5.21 Å². The Bertz CT molecular complexity index is 320. The highest BCUT2D eigenvalue weighted by Gasteiger charge is 2.04. The van der Waals surface area contributed by atoms with Gasteiger partial charge in [0.05, 0.1) is 5.11 Å². The summed E-state index contributed by atoms with van der Waals surface area (Å²) in [5.74, 6) is -0.418. The third-order valence-corrected chi connectivity index (χ3v) is 1.48. The third-order valence-electron chi connectivity index (χ3n) is 1.48. The predicted molar refractivity (Wildman–Crippen MR) is 47.5 cm³/mol. The average molecular weight is 178 g/mol. The second-order valence-corrected chi connectivity index (χ2v) is 2.46. The Morgan fingerprint density at radius 2 is 2.08 bits per heavy atom. The number of carbonyl (C=O) groups excluding carboxylic acids is 1. The first kappa shape index (κ1) is 9.38. The van der Waals surface area contributed by atoms with E-state index in [1.54, 1.807) is 37.3 Å². The molecular formula is C9H10N2O2. The number of hydrogen-bond donors (Lipinski definition) is 0. The van der Waals surface area contributed by atoms with Crippen LogP contribution in [0.25, 0.3) is 0 Å². The fourth-order valence-electron chi connectivity index (χ4n) is 0.785. The maximum Gasteiger partial charge on any atom is 0.309 e. The monoisotopic (exact) mass is 178 g/mol. The molecule has 68 valence electrons. The quantitative estimate of drug-likeness (QED) is 0.396. The van der Waals surface area contributed by atoms with Crippen LogP contribution in [0.4, 0.5) is 5.69 Å². The number of amides is 1. The van der Waals surface area contributed by atoms with Crippen molar-refractivity contribution >= 4 is 11.6 Å². The molecule has 13 heavy (non-hydrogen) atoms. The molecule has 0 N–H and O–H groups in total. The summed E-state index contributed by atoms with van der Waals surface area (Å²) >= 11 is 0. The fourth-order valence-corrected chi connectivity index (χ4v) is 0.785. The van der Waals surface area contributed by atoms with Crippen LogP contribution < -0.4 is 0 Å². The Morgan fingerprint density at radius 3 is 2.62 bits per heavy atom. The molecule has 0 atom stereocenters. The minimum Gasteiger partial charge on any atom is -0.594 e. The lowest BCUT2D eigenvalue weighted by Gasteiger charge is -1.96. The zero-order valence-corrected chi connectivity index (χ0v) is 7.30. The van der Waals surface area contributed by atoms with Crippen molar-refractivity contribution in [2.75, 3.05) is 0 Å². The molecule has 0 spiro atoms. The molecule has 0 aliphatic heterocycles. The zero-order valence-electron chi connectivity index (χ0n) is 7.30. The lowest BCUT2D eigenvalue weighted by Crippen LogP contribution is -1.98. The van der Waals surface area contributed by atoms with Gasteiger partial charge in [0.2, 0.25) is 5.69 Å². The van der Waals surface area contributed by atoms with E-state index in [4.69, 9.17) is 0 Å². The molecule has 1 aromatic carbocycles. The number of rotatable bonds is 2. The number of carbonyl (C=O) groups is 1. The standard InChI is InChI=1S/C9H10N2O2/c1-2-9(12)10-11(13)8-6-4-3-5-7-8/h3-7H,2H2,1H3. The fraction of sp³-hybridized carbons (Fsp3) is 0.222. The van der Waals surface area contributed by atoms with E-state index in [2.05, 4.69) is 5.11 Å². The van der Waals surface area contributed by atoms with E-state index in [0.29, 0.717) is 10.5 Å². The largest absolute Gasteiger partial charge is 0.594 e. The lowest BCUT2D eigenvalue weighted by atomic mass is 10.3. The minimum atomic E-state index is -0.418. The third kappa shape index (κ3) is 2.66. The van der Waals surface area contributed by atoms with Crippen LogP contribution in [0.15, 0.2) is 35.4 Å². The van der Waals surface area contributed by atoms with Crippen molar-refractivity contribution in [3.05, 3.63) is 35.5 Å². The van der Waals surface area contributed by atoms with Crippen molar-refractivity contribution in [2.45, 2.75) is 13.3 Å². The normalized spacial score (nSPS) is 11.3. The minimum absolute atomic E-state index is 0.242. The Hall–Kier alpha value is -1.71. The van der Waals surface area contributed by atoms with Gasteiger partial charge in [-0.25, -0.2) is 0 Å². The molecule has 0 saturated heterocycles. The lowest BCUT2D eigenvalue weighted by molar-refractivity contribution is -0.436. The topological polar surface area (TPSA) is 55.5 Å². The summed E-state index contributed by atoms with van der Waals surface area (Å²) in [5.41, 5.74) is 0.365. The van der Waals surface area contributed by atoms with E-state index >= 15 is 0 Å². The molecule has 0 radical (unpaired) electrons. The van der Waals surface area contributed by atoms with Crippen LogP contribution in [0.3, 0.4) is 0 Å². The zero-order chi connectivity index (χ0) is 9.68. The molecule has 0 saturated carbocycles. The van der Waals surface area contributed by atoms with Crippen LogP contribution in [-0.2, 0) is 4.79 Å². The molecule has 0 bridgehead atoms. The molecule has 1 aromatic rings. The molecule has 1 amide bonds. The van der Waals surface area contributed by atoms with Crippen LogP contribution >= 0.6 is 0 Å². The SMILES string of the molecule is CCC(=O)N=[N+]([O-])c1ccccc1. The van der Waals surface area contributed by atoms with E-state index in [1.807, 2.05) is 0 Å². The molecular weight excluding hydrogens is 168 g/mol. The number of azo groups is 1. The van der Waals surface area contributed by atoms with Gasteiger partial charge in [-0.3, -0.25) is 4.79 Å². The molecule has 0 aromatic heterocycles. The first-order valence-corrected chi connectivity index (χ1v) is 4.01. The predicted octanol–water partition coefficient (Wildman–Crippen LogP) is 2.22. The summed E-state index contributed by atoms with van der Waals surface area (Å²) < 4.78 is 0.